The summed E-state index contributed by atoms with van der Waals surface area (Å²) in [6, 6.07) is 0. The molecule has 1 fully saturated rings. The number of aromatic nitrogens is 2. The van der Waals surface area contributed by atoms with Crippen LogP contribution < -0.4 is 0 Å². The quantitative estimate of drug-likeness (QED) is 0.841. The maximum Gasteiger partial charge on any atom is 0.323 e. The largest absolute Gasteiger partial charge is 0.480 e. The van der Waals surface area contributed by atoms with Crippen LogP contribution >= 0.6 is 0 Å². The van der Waals surface area contributed by atoms with Gasteiger partial charge in [-0.25, -0.2) is 0 Å². The number of aliphatic carboxylic acids is 1. The smallest absolute Gasteiger partial charge is 0.323 e. The van der Waals surface area contributed by atoms with Crippen molar-refractivity contribution < 1.29 is 19.2 Å². The molecule has 1 amide bonds. The van der Waals surface area contributed by atoms with Crippen molar-refractivity contribution in [1.29, 1.82) is 0 Å². The van der Waals surface area contributed by atoms with Gasteiger partial charge < -0.3 is 14.5 Å². The third-order valence-electron chi connectivity index (χ3n) is 3.56. The normalized spacial score (nSPS) is 15.4. The molecule has 2 rings (SSSR count). The highest BCUT2D eigenvalue weighted by Gasteiger charge is 2.22. The lowest BCUT2D eigenvalue weighted by Crippen LogP contribution is -2.32. The maximum absolute atomic E-state index is 11.7. The lowest BCUT2D eigenvalue weighted by Gasteiger charge is -2.13. The first-order chi connectivity index (χ1) is 9.56. The van der Waals surface area contributed by atoms with Crippen LogP contribution in [0.1, 0.15) is 49.7 Å². The number of carboxylic acids is 1. The van der Waals surface area contributed by atoms with E-state index in [1.807, 2.05) is 0 Å². The number of aryl methyl sites for hydroxylation is 1. The number of likely N-dealkylation sites (N-methyl/N-ethyl adjacent to an activating group) is 1. The number of carbonyl (C=O) groups is 2. The number of amides is 1. The molecule has 0 spiro atoms. The van der Waals surface area contributed by atoms with Crippen LogP contribution in [0, 0.1) is 0 Å². The fourth-order valence-corrected chi connectivity index (χ4v) is 2.42. The number of hydrogen-bond acceptors (Lipinski definition) is 5. The second-order valence-electron chi connectivity index (χ2n) is 5.17. The first-order valence-electron chi connectivity index (χ1n) is 6.84. The summed E-state index contributed by atoms with van der Waals surface area (Å²) in [6.45, 7) is -0.296. The van der Waals surface area contributed by atoms with Gasteiger partial charge >= 0.3 is 5.97 Å². The SMILES string of the molecule is CN(CC(=O)O)C(=O)CCc1nc(C2CCCC2)no1. The predicted molar refractivity (Wildman–Crippen MR) is 69.1 cm³/mol. The van der Waals surface area contributed by atoms with E-state index >= 15 is 0 Å². The molecule has 0 aromatic carbocycles. The van der Waals surface area contributed by atoms with Gasteiger partial charge in [0.1, 0.15) is 6.54 Å². The minimum atomic E-state index is -1.03. The maximum atomic E-state index is 11.7. The third kappa shape index (κ3) is 3.79. The summed E-state index contributed by atoms with van der Waals surface area (Å²) in [5.74, 6) is 0.306. The van der Waals surface area contributed by atoms with Crippen molar-refractivity contribution in [1.82, 2.24) is 15.0 Å². The van der Waals surface area contributed by atoms with Crippen LogP contribution in [-0.4, -0.2) is 45.6 Å². The van der Waals surface area contributed by atoms with Crippen molar-refractivity contribution in [2.45, 2.75) is 44.4 Å². The number of carboxylic acid groups (broad SMARTS) is 1. The summed E-state index contributed by atoms with van der Waals surface area (Å²) in [4.78, 5) is 27.7. The summed E-state index contributed by atoms with van der Waals surface area (Å²) < 4.78 is 5.14. The lowest BCUT2D eigenvalue weighted by molar-refractivity contribution is -0.143. The van der Waals surface area contributed by atoms with Crippen molar-refractivity contribution in [2.75, 3.05) is 13.6 Å². The molecule has 7 heteroatoms. The molecule has 1 saturated carbocycles. The molecule has 0 radical (unpaired) electrons. The molecule has 0 saturated heterocycles. The summed E-state index contributed by atoms with van der Waals surface area (Å²) >= 11 is 0. The first kappa shape index (κ1) is 14.5. The van der Waals surface area contributed by atoms with E-state index in [1.165, 1.54) is 24.8 Å². The Hall–Kier alpha value is -1.92. The van der Waals surface area contributed by atoms with Crippen LogP contribution in [-0.2, 0) is 16.0 Å². The van der Waals surface area contributed by atoms with Crippen molar-refractivity contribution in [3.8, 4) is 0 Å². The zero-order valence-corrected chi connectivity index (χ0v) is 11.5. The summed E-state index contributed by atoms with van der Waals surface area (Å²) in [5, 5.41) is 12.6. The molecule has 110 valence electrons. The molecule has 1 N–H and O–H groups in total. The van der Waals surface area contributed by atoms with Gasteiger partial charge in [0.05, 0.1) is 0 Å². The van der Waals surface area contributed by atoms with E-state index < -0.39 is 5.97 Å². The van der Waals surface area contributed by atoms with Crippen LogP contribution in [0.3, 0.4) is 0 Å². The monoisotopic (exact) mass is 281 g/mol. The Balaban J connectivity index is 1.81. The van der Waals surface area contributed by atoms with Crippen LogP contribution in [0.5, 0.6) is 0 Å². The van der Waals surface area contributed by atoms with Gasteiger partial charge in [0, 0.05) is 25.8 Å². The number of hydrogen-bond donors (Lipinski definition) is 1. The van der Waals surface area contributed by atoms with Crippen molar-refractivity contribution in [3.05, 3.63) is 11.7 Å². The van der Waals surface area contributed by atoms with Crippen molar-refractivity contribution in [3.63, 3.8) is 0 Å². The van der Waals surface area contributed by atoms with Crippen LogP contribution in [0.25, 0.3) is 0 Å². The van der Waals surface area contributed by atoms with E-state index in [-0.39, 0.29) is 18.9 Å². The highest BCUT2D eigenvalue weighted by molar-refractivity contribution is 5.81. The molecule has 1 aliphatic rings. The van der Waals surface area contributed by atoms with Gasteiger partial charge in [-0.1, -0.05) is 18.0 Å². The Morgan fingerprint density at radius 1 is 1.40 bits per heavy atom. The standard InChI is InChI=1S/C13H19N3O4/c1-16(8-12(18)19)11(17)7-6-10-14-13(15-20-10)9-4-2-3-5-9/h9H,2-8H2,1H3,(H,18,19). The molecule has 7 nitrogen and oxygen atoms in total. The van der Waals surface area contributed by atoms with Crippen LogP contribution in [0.15, 0.2) is 4.52 Å². The Bertz CT molecular complexity index is 480. The van der Waals surface area contributed by atoms with E-state index in [0.29, 0.717) is 18.2 Å². The molecular formula is C13H19N3O4. The Kier molecular flexibility index (Phi) is 4.70. The third-order valence-corrected chi connectivity index (χ3v) is 3.56. The van der Waals surface area contributed by atoms with E-state index in [9.17, 15) is 9.59 Å². The minimum absolute atomic E-state index is 0.177. The van der Waals surface area contributed by atoms with Crippen LogP contribution in [0.4, 0.5) is 0 Å². The number of nitrogens with zero attached hydrogens (tertiary/aromatic N) is 3. The fraction of sp³-hybridized carbons (Fsp3) is 0.692. The molecule has 0 atom stereocenters. The summed E-state index contributed by atoms with van der Waals surface area (Å²) in [7, 11) is 1.47. The molecule has 1 aromatic heterocycles. The average Bonchev–Trinajstić information content (AvgIpc) is 3.05. The molecule has 1 aromatic rings. The molecule has 0 aliphatic heterocycles. The number of carbonyl (C=O) groups excluding carboxylic acids is 1. The van der Waals surface area contributed by atoms with E-state index in [4.69, 9.17) is 9.63 Å². The zero-order valence-electron chi connectivity index (χ0n) is 11.5. The molecular weight excluding hydrogens is 262 g/mol. The zero-order chi connectivity index (χ0) is 14.5. The van der Waals surface area contributed by atoms with Gasteiger partial charge in [0.25, 0.3) is 0 Å². The van der Waals surface area contributed by atoms with E-state index in [0.717, 1.165) is 18.7 Å². The summed E-state index contributed by atoms with van der Waals surface area (Å²) in [6.07, 6.45) is 5.12. The van der Waals surface area contributed by atoms with Gasteiger partial charge in [-0.3, -0.25) is 9.59 Å². The van der Waals surface area contributed by atoms with Crippen molar-refractivity contribution in [2.24, 2.45) is 0 Å². The Morgan fingerprint density at radius 2 is 2.10 bits per heavy atom. The van der Waals surface area contributed by atoms with Gasteiger partial charge in [-0.15, -0.1) is 0 Å². The summed E-state index contributed by atoms with van der Waals surface area (Å²) in [5.41, 5.74) is 0. The Labute approximate surface area is 117 Å². The highest BCUT2D eigenvalue weighted by atomic mass is 16.5. The van der Waals surface area contributed by atoms with Crippen molar-refractivity contribution >= 4 is 11.9 Å². The van der Waals surface area contributed by atoms with Crippen LogP contribution in [0.2, 0.25) is 0 Å². The first-order valence-corrected chi connectivity index (χ1v) is 6.84. The molecule has 0 unspecified atom stereocenters. The minimum Gasteiger partial charge on any atom is -0.480 e. The topological polar surface area (TPSA) is 96.5 Å². The van der Waals surface area contributed by atoms with Gasteiger partial charge in [-0.2, -0.15) is 4.98 Å². The molecule has 1 aliphatic carbocycles. The lowest BCUT2D eigenvalue weighted by atomic mass is 10.1. The fourth-order valence-electron chi connectivity index (χ4n) is 2.42. The average molecular weight is 281 g/mol. The van der Waals surface area contributed by atoms with E-state index in [1.54, 1.807) is 0 Å². The molecule has 1 heterocycles. The molecule has 0 bridgehead atoms. The van der Waals surface area contributed by atoms with Gasteiger partial charge in [0.2, 0.25) is 11.8 Å². The highest BCUT2D eigenvalue weighted by Crippen LogP contribution is 2.32. The second-order valence-corrected chi connectivity index (χ2v) is 5.17. The number of rotatable bonds is 6. The van der Waals surface area contributed by atoms with Gasteiger partial charge in [-0.05, 0) is 12.8 Å². The Morgan fingerprint density at radius 3 is 2.75 bits per heavy atom. The predicted octanol–water partition coefficient (Wildman–Crippen LogP) is 1.20. The molecule has 20 heavy (non-hydrogen) atoms. The second kappa shape index (κ2) is 6.49. The van der Waals surface area contributed by atoms with E-state index in [2.05, 4.69) is 10.1 Å². The van der Waals surface area contributed by atoms with Gasteiger partial charge in [0.15, 0.2) is 5.82 Å².